The number of aromatic nitrogens is 2. The summed E-state index contributed by atoms with van der Waals surface area (Å²) in [6.07, 6.45) is 3.43. The zero-order valence-corrected chi connectivity index (χ0v) is 10.9. The Morgan fingerprint density at radius 3 is 2.74 bits per heavy atom. The predicted octanol–water partition coefficient (Wildman–Crippen LogP) is 2.88. The van der Waals surface area contributed by atoms with Crippen molar-refractivity contribution in [3.8, 4) is 11.1 Å². The lowest BCUT2D eigenvalue weighted by molar-refractivity contribution is 0.0696. The number of carbonyl (C=O) groups is 1. The summed E-state index contributed by atoms with van der Waals surface area (Å²) in [7, 11) is 1.78. The van der Waals surface area contributed by atoms with Gasteiger partial charge in [-0.1, -0.05) is 19.4 Å². The monoisotopic (exact) mass is 262 g/mol. The third kappa shape index (κ3) is 2.65. The first-order valence-corrected chi connectivity index (χ1v) is 6.08. The molecule has 0 saturated heterocycles. The van der Waals surface area contributed by atoms with Gasteiger partial charge in [0.05, 0.1) is 11.3 Å². The number of aromatic carboxylic acids is 1. The van der Waals surface area contributed by atoms with Crippen molar-refractivity contribution in [2.45, 2.75) is 19.8 Å². The Labute approximate surface area is 110 Å². The van der Waals surface area contributed by atoms with Gasteiger partial charge in [-0.3, -0.25) is 4.68 Å². The first-order valence-electron chi connectivity index (χ1n) is 6.08. The van der Waals surface area contributed by atoms with E-state index in [4.69, 9.17) is 5.11 Å². The van der Waals surface area contributed by atoms with Crippen molar-refractivity contribution in [3.05, 3.63) is 41.5 Å². The van der Waals surface area contributed by atoms with Crippen LogP contribution in [-0.2, 0) is 13.5 Å². The van der Waals surface area contributed by atoms with Crippen molar-refractivity contribution in [2.75, 3.05) is 0 Å². The van der Waals surface area contributed by atoms with Crippen LogP contribution in [0.4, 0.5) is 4.39 Å². The number of carboxylic acids is 1. The number of rotatable bonds is 4. The summed E-state index contributed by atoms with van der Waals surface area (Å²) >= 11 is 0. The van der Waals surface area contributed by atoms with Gasteiger partial charge in [0, 0.05) is 24.4 Å². The highest BCUT2D eigenvalue weighted by molar-refractivity contribution is 5.88. The molecule has 1 aromatic carbocycles. The molecule has 0 aliphatic carbocycles. The summed E-state index contributed by atoms with van der Waals surface area (Å²) in [6, 6.07) is 3.94. The van der Waals surface area contributed by atoms with Crippen LogP contribution in [0.3, 0.4) is 0 Å². The van der Waals surface area contributed by atoms with Gasteiger partial charge in [-0.15, -0.1) is 0 Å². The highest BCUT2D eigenvalue weighted by atomic mass is 19.1. The van der Waals surface area contributed by atoms with E-state index in [1.165, 1.54) is 12.1 Å². The van der Waals surface area contributed by atoms with Gasteiger partial charge in [0.2, 0.25) is 0 Å². The van der Waals surface area contributed by atoms with Crippen LogP contribution >= 0.6 is 0 Å². The summed E-state index contributed by atoms with van der Waals surface area (Å²) in [6.45, 7) is 2.03. The van der Waals surface area contributed by atoms with E-state index in [0.717, 1.165) is 30.2 Å². The third-order valence-electron chi connectivity index (χ3n) is 2.90. The molecule has 19 heavy (non-hydrogen) atoms. The number of carboxylic acid groups (broad SMARTS) is 1. The maximum absolute atomic E-state index is 14.0. The second-order valence-electron chi connectivity index (χ2n) is 4.41. The molecule has 0 spiro atoms. The third-order valence-corrected chi connectivity index (χ3v) is 2.90. The molecular weight excluding hydrogens is 247 g/mol. The zero-order chi connectivity index (χ0) is 14.0. The number of nitrogens with zero attached hydrogens (tertiary/aromatic N) is 2. The van der Waals surface area contributed by atoms with Gasteiger partial charge in [0.15, 0.2) is 0 Å². The van der Waals surface area contributed by atoms with Crippen LogP contribution in [0.2, 0.25) is 0 Å². The average Bonchev–Trinajstić information content (AvgIpc) is 2.70. The number of hydrogen-bond acceptors (Lipinski definition) is 2. The second-order valence-corrected chi connectivity index (χ2v) is 4.41. The smallest absolute Gasteiger partial charge is 0.335 e. The molecule has 0 bridgehead atoms. The van der Waals surface area contributed by atoms with Gasteiger partial charge in [-0.05, 0) is 18.6 Å². The van der Waals surface area contributed by atoms with E-state index in [2.05, 4.69) is 5.10 Å². The fourth-order valence-electron chi connectivity index (χ4n) is 2.05. The Morgan fingerprint density at radius 1 is 1.42 bits per heavy atom. The van der Waals surface area contributed by atoms with Gasteiger partial charge >= 0.3 is 5.97 Å². The SMILES string of the molecule is CCCc1nn(C)cc1-c1ccc(C(=O)O)cc1F. The van der Waals surface area contributed by atoms with Crippen molar-refractivity contribution in [3.63, 3.8) is 0 Å². The van der Waals surface area contributed by atoms with E-state index in [9.17, 15) is 9.18 Å². The van der Waals surface area contributed by atoms with Crippen molar-refractivity contribution >= 4 is 5.97 Å². The van der Waals surface area contributed by atoms with Crippen LogP contribution in [0.15, 0.2) is 24.4 Å². The lowest BCUT2D eigenvalue weighted by Crippen LogP contribution is -1.98. The van der Waals surface area contributed by atoms with Crippen LogP contribution in [0.1, 0.15) is 29.4 Å². The molecule has 4 nitrogen and oxygen atoms in total. The minimum absolute atomic E-state index is 0.0535. The topological polar surface area (TPSA) is 55.1 Å². The minimum Gasteiger partial charge on any atom is -0.478 e. The molecule has 0 fully saturated rings. The van der Waals surface area contributed by atoms with Crippen molar-refractivity contribution in [1.82, 2.24) is 9.78 Å². The fraction of sp³-hybridized carbons (Fsp3) is 0.286. The Balaban J connectivity index is 2.50. The number of hydrogen-bond donors (Lipinski definition) is 1. The molecule has 100 valence electrons. The maximum atomic E-state index is 14.0. The van der Waals surface area contributed by atoms with E-state index in [1.807, 2.05) is 6.92 Å². The molecular formula is C14H15FN2O2. The average molecular weight is 262 g/mol. The molecule has 1 aromatic heterocycles. The van der Waals surface area contributed by atoms with Crippen molar-refractivity contribution in [2.24, 2.45) is 7.05 Å². The summed E-state index contributed by atoms with van der Waals surface area (Å²) in [5.41, 5.74) is 1.88. The summed E-state index contributed by atoms with van der Waals surface area (Å²) in [4.78, 5) is 10.8. The van der Waals surface area contributed by atoms with E-state index < -0.39 is 11.8 Å². The number of benzene rings is 1. The number of halogens is 1. The maximum Gasteiger partial charge on any atom is 0.335 e. The van der Waals surface area contributed by atoms with E-state index in [1.54, 1.807) is 17.9 Å². The standard InChI is InChI=1S/C14H15FN2O2/c1-3-4-13-11(8-17(2)16-13)10-6-5-9(14(18)19)7-12(10)15/h5-8H,3-4H2,1-2H3,(H,18,19). The Morgan fingerprint density at radius 2 is 2.16 bits per heavy atom. The molecule has 1 N–H and O–H groups in total. The predicted molar refractivity (Wildman–Crippen MR) is 69.6 cm³/mol. The minimum atomic E-state index is -1.13. The molecule has 0 atom stereocenters. The Kier molecular flexibility index (Phi) is 3.64. The van der Waals surface area contributed by atoms with Crippen LogP contribution in [0.5, 0.6) is 0 Å². The van der Waals surface area contributed by atoms with Gasteiger partial charge < -0.3 is 5.11 Å². The van der Waals surface area contributed by atoms with Gasteiger partial charge in [0.25, 0.3) is 0 Å². The molecule has 1 heterocycles. The molecule has 0 amide bonds. The Hall–Kier alpha value is -2.17. The second kappa shape index (κ2) is 5.22. The van der Waals surface area contributed by atoms with Crippen LogP contribution in [0, 0.1) is 5.82 Å². The van der Waals surface area contributed by atoms with Gasteiger partial charge in [-0.2, -0.15) is 5.10 Å². The van der Waals surface area contributed by atoms with Crippen LogP contribution in [-0.4, -0.2) is 20.9 Å². The summed E-state index contributed by atoms with van der Waals surface area (Å²) in [5.74, 6) is -1.67. The number of aryl methyl sites for hydroxylation is 2. The molecule has 0 aliphatic rings. The molecule has 0 unspecified atom stereocenters. The Bertz CT molecular complexity index is 620. The van der Waals surface area contributed by atoms with Crippen LogP contribution in [0.25, 0.3) is 11.1 Å². The molecule has 0 aliphatic heterocycles. The molecule has 0 saturated carbocycles. The first-order chi connectivity index (χ1) is 9.02. The first kappa shape index (κ1) is 13.3. The molecule has 5 heteroatoms. The fourth-order valence-corrected chi connectivity index (χ4v) is 2.05. The largest absolute Gasteiger partial charge is 0.478 e. The lowest BCUT2D eigenvalue weighted by Gasteiger charge is -2.04. The van der Waals surface area contributed by atoms with Crippen molar-refractivity contribution in [1.29, 1.82) is 0 Å². The van der Waals surface area contributed by atoms with Gasteiger partial charge in [0.1, 0.15) is 5.82 Å². The van der Waals surface area contributed by atoms with Gasteiger partial charge in [-0.25, -0.2) is 9.18 Å². The lowest BCUT2D eigenvalue weighted by atomic mass is 10.0. The molecule has 2 rings (SSSR count). The zero-order valence-electron chi connectivity index (χ0n) is 10.9. The highest BCUT2D eigenvalue weighted by Crippen LogP contribution is 2.27. The molecule has 2 aromatic rings. The summed E-state index contributed by atoms with van der Waals surface area (Å²) in [5, 5.41) is 13.1. The van der Waals surface area contributed by atoms with E-state index in [0.29, 0.717) is 5.56 Å². The van der Waals surface area contributed by atoms with E-state index >= 15 is 0 Å². The molecule has 0 radical (unpaired) electrons. The normalized spacial score (nSPS) is 10.7. The summed E-state index contributed by atoms with van der Waals surface area (Å²) < 4.78 is 15.7. The quantitative estimate of drug-likeness (QED) is 0.921. The van der Waals surface area contributed by atoms with E-state index in [-0.39, 0.29) is 5.56 Å². The highest BCUT2D eigenvalue weighted by Gasteiger charge is 2.15. The van der Waals surface area contributed by atoms with Crippen LogP contribution < -0.4 is 0 Å². The van der Waals surface area contributed by atoms with Crippen molar-refractivity contribution < 1.29 is 14.3 Å².